The average Bonchev–Trinajstić information content (AvgIpc) is 2.77. The number of nitrogens with one attached hydrogen (secondary N) is 2. The van der Waals surface area contributed by atoms with Crippen molar-refractivity contribution < 1.29 is 28.5 Å². The van der Waals surface area contributed by atoms with Gasteiger partial charge in [0.2, 0.25) is 0 Å². The Bertz CT molecular complexity index is 870. The van der Waals surface area contributed by atoms with Crippen molar-refractivity contribution in [1.82, 2.24) is 10.6 Å². The number of ether oxygens (including phenoxy) is 4. The van der Waals surface area contributed by atoms with Gasteiger partial charge in [-0.2, -0.15) is 0 Å². The van der Waals surface area contributed by atoms with Gasteiger partial charge in [0.25, 0.3) is 0 Å². The third-order valence-electron chi connectivity index (χ3n) is 4.41. The summed E-state index contributed by atoms with van der Waals surface area (Å²) in [5.41, 5.74) is 0.953. The van der Waals surface area contributed by atoms with Crippen LogP contribution in [0.3, 0.4) is 0 Å². The maximum atomic E-state index is 12.0. The van der Waals surface area contributed by atoms with Crippen molar-refractivity contribution in [1.29, 1.82) is 0 Å². The van der Waals surface area contributed by atoms with E-state index >= 15 is 0 Å². The molecule has 8 nitrogen and oxygen atoms in total. The van der Waals surface area contributed by atoms with Crippen molar-refractivity contribution in [3.8, 4) is 23.0 Å². The minimum atomic E-state index is -0.709. The Morgan fingerprint density at radius 2 is 1.72 bits per heavy atom. The van der Waals surface area contributed by atoms with Crippen LogP contribution in [-0.4, -0.2) is 51.8 Å². The topological polar surface area (TPSA) is 95.1 Å². The van der Waals surface area contributed by atoms with Crippen molar-refractivity contribution in [2.24, 2.45) is 0 Å². The number of amides is 2. The lowest BCUT2D eigenvalue weighted by atomic mass is 10.1. The highest BCUT2D eigenvalue weighted by Gasteiger charge is 2.22. The molecule has 3 rings (SSSR count). The Hall–Kier alpha value is -3.42. The van der Waals surface area contributed by atoms with Gasteiger partial charge in [0.05, 0.1) is 20.8 Å². The van der Waals surface area contributed by atoms with Crippen LogP contribution in [0.2, 0.25) is 0 Å². The molecule has 0 saturated heterocycles. The zero-order valence-corrected chi connectivity index (χ0v) is 16.4. The average molecular weight is 400 g/mol. The summed E-state index contributed by atoms with van der Waals surface area (Å²) in [5.74, 6) is 1.14. The number of benzene rings is 2. The number of carbonyl (C=O) groups is 2. The van der Waals surface area contributed by atoms with E-state index in [4.69, 9.17) is 18.9 Å². The van der Waals surface area contributed by atoms with Gasteiger partial charge in [-0.25, -0.2) is 0 Å². The SMILES string of the molecule is COc1ccc(CCNC(=O)C(=O)NC[C@H]2COc3ccccc3O2)cc1OC. The van der Waals surface area contributed by atoms with Crippen molar-refractivity contribution in [2.45, 2.75) is 12.5 Å². The Morgan fingerprint density at radius 1 is 1.00 bits per heavy atom. The maximum absolute atomic E-state index is 12.0. The third-order valence-corrected chi connectivity index (χ3v) is 4.41. The lowest BCUT2D eigenvalue weighted by Gasteiger charge is -2.26. The lowest BCUT2D eigenvalue weighted by Crippen LogP contribution is -2.46. The number of hydrogen-bond donors (Lipinski definition) is 2. The van der Waals surface area contributed by atoms with E-state index in [0.717, 1.165) is 5.56 Å². The van der Waals surface area contributed by atoms with Gasteiger partial charge in [-0.3, -0.25) is 9.59 Å². The van der Waals surface area contributed by atoms with Crippen LogP contribution in [0.1, 0.15) is 5.56 Å². The molecule has 1 atom stereocenters. The quantitative estimate of drug-likeness (QED) is 0.681. The zero-order valence-electron chi connectivity index (χ0n) is 16.4. The Kier molecular flexibility index (Phi) is 6.78. The fourth-order valence-corrected chi connectivity index (χ4v) is 2.89. The molecule has 0 saturated carbocycles. The van der Waals surface area contributed by atoms with Gasteiger partial charge >= 0.3 is 11.8 Å². The van der Waals surface area contributed by atoms with E-state index in [1.54, 1.807) is 26.4 Å². The second-order valence-electron chi connectivity index (χ2n) is 6.40. The molecule has 0 aromatic heterocycles. The fraction of sp³-hybridized carbons (Fsp3) is 0.333. The number of fused-ring (bicyclic) bond motifs is 1. The van der Waals surface area contributed by atoms with E-state index in [9.17, 15) is 9.59 Å². The Labute approximate surface area is 169 Å². The minimum Gasteiger partial charge on any atom is -0.493 e. The number of carbonyl (C=O) groups excluding carboxylic acids is 2. The molecular weight excluding hydrogens is 376 g/mol. The van der Waals surface area contributed by atoms with Gasteiger partial charge in [-0.15, -0.1) is 0 Å². The summed E-state index contributed by atoms with van der Waals surface area (Å²) in [5, 5.41) is 5.18. The molecule has 1 aliphatic rings. The first-order valence-electron chi connectivity index (χ1n) is 9.26. The summed E-state index contributed by atoms with van der Waals surface area (Å²) in [6.45, 7) is 0.798. The Morgan fingerprint density at radius 3 is 2.48 bits per heavy atom. The third kappa shape index (κ3) is 5.31. The van der Waals surface area contributed by atoms with Gasteiger partial charge in [0.1, 0.15) is 12.7 Å². The van der Waals surface area contributed by atoms with E-state index < -0.39 is 11.8 Å². The summed E-state index contributed by atoms with van der Waals surface area (Å²) in [7, 11) is 3.13. The smallest absolute Gasteiger partial charge is 0.309 e. The molecule has 2 aromatic carbocycles. The molecule has 0 fully saturated rings. The van der Waals surface area contributed by atoms with Crippen molar-refractivity contribution >= 4 is 11.8 Å². The monoisotopic (exact) mass is 400 g/mol. The molecule has 0 radical (unpaired) electrons. The van der Waals surface area contributed by atoms with Crippen LogP contribution in [0.4, 0.5) is 0 Å². The van der Waals surface area contributed by atoms with Gasteiger partial charge in [-0.05, 0) is 36.2 Å². The highest BCUT2D eigenvalue weighted by atomic mass is 16.6. The molecule has 0 aliphatic carbocycles. The fourth-order valence-electron chi connectivity index (χ4n) is 2.89. The van der Waals surface area contributed by atoms with Gasteiger partial charge in [0.15, 0.2) is 23.0 Å². The number of hydrogen-bond acceptors (Lipinski definition) is 6. The van der Waals surface area contributed by atoms with E-state index in [-0.39, 0.29) is 12.6 Å². The second kappa shape index (κ2) is 9.68. The molecule has 0 spiro atoms. The molecule has 1 aliphatic heterocycles. The molecule has 2 aromatic rings. The summed E-state index contributed by atoms with van der Waals surface area (Å²) in [6, 6.07) is 12.8. The predicted octanol–water partition coefficient (Wildman–Crippen LogP) is 1.32. The molecular formula is C21H24N2O6. The van der Waals surface area contributed by atoms with Crippen LogP contribution >= 0.6 is 0 Å². The largest absolute Gasteiger partial charge is 0.493 e. The van der Waals surface area contributed by atoms with Crippen LogP contribution in [0.15, 0.2) is 42.5 Å². The van der Waals surface area contributed by atoms with E-state index in [1.165, 1.54) is 0 Å². The number of para-hydroxylation sites is 2. The molecule has 0 unspecified atom stereocenters. The molecule has 154 valence electrons. The van der Waals surface area contributed by atoms with Crippen LogP contribution in [-0.2, 0) is 16.0 Å². The number of rotatable bonds is 7. The molecule has 2 amide bonds. The van der Waals surface area contributed by atoms with Gasteiger partial charge < -0.3 is 29.6 Å². The summed E-state index contributed by atoms with van der Waals surface area (Å²) in [6.07, 6.45) is 0.198. The van der Waals surface area contributed by atoms with Gasteiger partial charge in [-0.1, -0.05) is 18.2 Å². The van der Waals surface area contributed by atoms with Crippen molar-refractivity contribution in [2.75, 3.05) is 33.9 Å². The van der Waals surface area contributed by atoms with Crippen LogP contribution in [0.25, 0.3) is 0 Å². The molecule has 1 heterocycles. The van der Waals surface area contributed by atoms with Crippen LogP contribution in [0, 0.1) is 0 Å². The Balaban J connectivity index is 1.40. The lowest BCUT2D eigenvalue weighted by molar-refractivity contribution is -0.139. The van der Waals surface area contributed by atoms with Crippen molar-refractivity contribution in [3.63, 3.8) is 0 Å². The first-order valence-corrected chi connectivity index (χ1v) is 9.26. The van der Waals surface area contributed by atoms with Crippen LogP contribution in [0.5, 0.6) is 23.0 Å². The first kappa shape index (κ1) is 20.3. The minimum absolute atomic E-state index is 0.177. The van der Waals surface area contributed by atoms with Crippen molar-refractivity contribution in [3.05, 3.63) is 48.0 Å². The number of methoxy groups -OCH3 is 2. The molecule has 0 bridgehead atoms. The first-order chi connectivity index (χ1) is 14.1. The second-order valence-corrected chi connectivity index (χ2v) is 6.40. The highest BCUT2D eigenvalue weighted by molar-refractivity contribution is 6.35. The summed E-state index contributed by atoms with van der Waals surface area (Å²) >= 11 is 0. The van der Waals surface area contributed by atoms with Crippen LogP contribution < -0.4 is 29.6 Å². The summed E-state index contributed by atoms with van der Waals surface area (Å²) in [4.78, 5) is 24.0. The molecule has 8 heteroatoms. The molecule has 2 N–H and O–H groups in total. The van der Waals surface area contributed by atoms with E-state index in [1.807, 2.05) is 30.3 Å². The maximum Gasteiger partial charge on any atom is 0.309 e. The summed E-state index contributed by atoms with van der Waals surface area (Å²) < 4.78 is 21.8. The zero-order chi connectivity index (χ0) is 20.6. The van der Waals surface area contributed by atoms with E-state index in [2.05, 4.69) is 10.6 Å². The normalized spacial score (nSPS) is 14.6. The van der Waals surface area contributed by atoms with Gasteiger partial charge in [0, 0.05) is 6.54 Å². The van der Waals surface area contributed by atoms with E-state index in [0.29, 0.717) is 42.6 Å². The highest BCUT2D eigenvalue weighted by Crippen LogP contribution is 2.30. The standard InChI is InChI=1S/C21H24N2O6/c1-26-16-8-7-14(11-19(16)27-2)9-10-22-20(24)21(25)23-12-15-13-28-17-5-3-4-6-18(17)29-15/h3-8,11,15H,9-10,12-13H2,1-2H3,(H,22,24)(H,23,25)/t15-/m0/s1. The predicted molar refractivity (Wildman–Crippen MR) is 106 cm³/mol. The molecule has 29 heavy (non-hydrogen) atoms.